The summed E-state index contributed by atoms with van der Waals surface area (Å²) < 4.78 is 36.9. The van der Waals surface area contributed by atoms with Crippen LogP contribution in [0.4, 0.5) is 13.2 Å². The second-order valence-electron chi connectivity index (χ2n) is 6.72. The van der Waals surface area contributed by atoms with Gasteiger partial charge in [0.15, 0.2) is 5.96 Å². The molecule has 1 amide bonds. The van der Waals surface area contributed by atoms with Crippen molar-refractivity contribution in [1.82, 2.24) is 15.5 Å². The van der Waals surface area contributed by atoms with E-state index >= 15 is 0 Å². The number of amides is 1. The molecule has 0 saturated heterocycles. The first-order valence-electron chi connectivity index (χ1n) is 8.96. The van der Waals surface area contributed by atoms with E-state index in [1.165, 1.54) is 11.1 Å². The van der Waals surface area contributed by atoms with Crippen molar-refractivity contribution >= 4 is 35.8 Å². The second-order valence-corrected chi connectivity index (χ2v) is 6.72. The van der Waals surface area contributed by atoms with E-state index in [0.717, 1.165) is 19.9 Å². The fraction of sp³-hybridized carbons (Fsp3) is 0.579. The molecule has 0 atom stereocenters. The number of guanidine groups is 1. The molecule has 0 unspecified atom stereocenters. The molecular weight excluding hydrogens is 484 g/mol. The van der Waals surface area contributed by atoms with Crippen molar-refractivity contribution < 1.29 is 18.0 Å². The lowest BCUT2D eigenvalue weighted by Gasteiger charge is -2.20. The molecule has 5 nitrogen and oxygen atoms in total. The van der Waals surface area contributed by atoms with Crippen molar-refractivity contribution in [2.45, 2.75) is 38.8 Å². The highest BCUT2D eigenvalue weighted by Crippen LogP contribution is 2.16. The van der Waals surface area contributed by atoms with Crippen LogP contribution in [0.2, 0.25) is 0 Å². The molecule has 0 aliphatic heterocycles. The van der Waals surface area contributed by atoms with Crippen molar-refractivity contribution in [2.24, 2.45) is 4.99 Å². The number of carbonyl (C=O) groups excluding carboxylic acids is 1. The molecule has 1 aromatic carbocycles. The predicted octanol–water partition coefficient (Wildman–Crippen LogP) is 3.55. The van der Waals surface area contributed by atoms with Crippen molar-refractivity contribution in [3.8, 4) is 0 Å². The molecule has 0 spiro atoms. The number of halogens is 4. The van der Waals surface area contributed by atoms with Gasteiger partial charge < -0.3 is 15.5 Å². The lowest BCUT2D eigenvalue weighted by molar-refractivity contribution is -0.157. The van der Waals surface area contributed by atoms with Crippen LogP contribution in [-0.4, -0.2) is 56.7 Å². The van der Waals surface area contributed by atoms with Crippen LogP contribution in [0.5, 0.6) is 0 Å². The monoisotopic (exact) mass is 514 g/mol. The zero-order valence-electron chi connectivity index (χ0n) is 16.8. The Balaban J connectivity index is 0.00000729. The number of carbonyl (C=O) groups is 1. The van der Waals surface area contributed by atoms with E-state index in [2.05, 4.69) is 53.7 Å². The number of aryl methyl sites for hydroxylation is 1. The molecule has 28 heavy (non-hydrogen) atoms. The molecule has 0 heterocycles. The summed E-state index contributed by atoms with van der Waals surface area (Å²) in [6.45, 7) is 3.43. The first-order chi connectivity index (χ1) is 12.6. The number of benzene rings is 1. The third-order valence-corrected chi connectivity index (χ3v) is 4.05. The average Bonchev–Trinajstić information content (AvgIpc) is 2.59. The van der Waals surface area contributed by atoms with Gasteiger partial charge in [-0.1, -0.05) is 38.1 Å². The van der Waals surface area contributed by atoms with E-state index in [9.17, 15) is 18.0 Å². The number of nitrogens with zero attached hydrogens (tertiary/aromatic N) is 2. The summed E-state index contributed by atoms with van der Waals surface area (Å²) in [5.74, 6) is 0.243. The number of nitrogens with one attached hydrogen (secondary N) is 2. The van der Waals surface area contributed by atoms with Crippen LogP contribution in [0.3, 0.4) is 0 Å². The van der Waals surface area contributed by atoms with Gasteiger partial charge in [-0.2, -0.15) is 13.2 Å². The summed E-state index contributed by atoms with van der Waals surface area (Å²) in [7, 11) is 2.67. The SMILES string of the molecule is CN=C(NCCCc1ccc(C(C)C)cc1)NCC(=O)N(C)CC(F)(F)F.I. The topological polar surface area (TPSA) is 56.7 Å². The van der Waals surface area contributed by atoms with Crippen LogP contribution in [0.15, 0.2) is 29.3 Å². The highest BCUT2D eigenvalue weighted by Gasteiger charge is 2.31. The van der Waals surface area contributed by atoms with E-state index in [-0.39, 0.29) is 30.5 Å². The van der Waals surface area contributed by atoms with Gasteiger partial charge in [-0.25, -0.2) is 0 Å². The zero-order valence-corrected chi connectivity index (χ0v) is 19.1. The van der Waals surface area contributed by atoms with Crippen molar-refractivity contribution in [1.29, 1.82) is 0 Å². The third kappa shape index (κ3) is 10.7. The Labute approximate surface area is 182 Å². The van der Waals surface area contributed by atoms with Gasteiger partial charge in [-0.05, 0) is 29.9 Å². The standard InChI is InChI=1S/C19H29F3N4O.HI/c1-14(2)16-9-7-15(8-10-16)6-5-11-24-18(23-3)25-12-17(27)26(4)13-19(20,21)22;/h7-10,14H,5-6,11-13H2,1-4H3,(H2,23,24,25);1H. The molecule has 0 fully saturated rings. The number of likely N-dealkylation sites (N-methyl/N-ethyl adjacent to an activating group) is 1. The molecule has 9 heteroatoms. The normalized spacial score (nSPS) is 11.8. The molecule has 160 valence electrons. The summed E-state index contributed by atoms with van der Waals surface area (Å²) >= 11 is 0. The Morgan fingerprint density at radius 1 is 1.18 bits per heavy atom. The van der Waals surface area contributed by atoms with Crippen molar-refractivity contribution in [3.05, 3.63) is 35.4 Å². The van der Waals surface area contributed by atoms with E-state index in [1.54, 1.807) is 7.05 Å². The van der Waals surface area contributed by atoms with Crippen molar-refractivity contribution in [2.75, 3.05) is 33.7 Å². The van der Waals surface area contributed by atoms with Crippen molar-refractivity contribution in [3.63, 3.8) is 0 Å². The molecule has 0 aliphatic rings. The van der Waals surface area contributed by atoms with Crippen LogP contribution in [-0.2, 0) is 11.2 Å². The Morgan fingerprint density at radius 3 is 2.29 bits per heavy atom. The molecule has 1 rings (SSSR count). The lowest BCUT2D eigenvalue weighted by Crippen LogP contribution is -2.45. The quantitative estimate of drug-likeness (QED) is 0.242. The van der Waals surface area contributed by atoms with Gasteiger partial charge in [0.25, 0.3) is 0 Å². The van der Waals surface area contributed by atoms with Crippen LogP contribution in [0.1, 0.15) is 37.3 Å². The summed E-state index contributed by atoms with van der Waals surface area (Å²) in [5, 5.41) is 5.79. The van der Waals surface area contributed by atoms with Gasteiger partial charge in [-0.15, -0.1) is 24.0 Å². The number of aliphatic imine (C=N–C) groups is 1. The zero-order chi connectivity index (χ0) is 20.4. The molecule has 0 radical (unpaired) electrons. The van der Waals surface area contributed by atoms with Gasteiger partial charge in [0.1, 0.15) is 6.54 Å². The van der Waals surface area contributed by atoms with Gasteiger partial charge in [0, 0.05) is 20.6 Å². The van der Waals surface area contributed by atoms with E-state index in [4.69, 9.17) is 0 Å². The van der Waals surface area contributed by atoms with E-state index < -0.39 is 18.6 Å². The summed E-state index contributed by atoms with van der Waals surface area (Å²) in [5.41, 5.74) is 2.55. The molecule has 0 saturated carbocycles. The summed E-state index contributed by atoms with van der Waals surface area (Å²) in [6, 6.07) is 8.52. The van der Waals surface area contributed by atoms with Gasteiger partial charge >= 0.3 is 6.18 Å². The van der Waals surface area contributed by atoms with Gasteiger partial charge in [0.05, 0.1) is 6.54 Å². The number of hydrogen-bond donors (Lipinski definition) is 2. The number of rotatable bonds is 8. The fourth-order valence-electron chi connectivity index (χ4n) is 2.44. The van der Waals surface area contributed by atoms with Crippen LogP contribution in [0, 0.1) is 0 Å². The maximum Gasteiger partial charge on any atom is 0.406 e. The first kappa shape index (κ1) is 26.5. The Kier molecular flexibility index (Phi) is 12.1. The Morgan fingerprint density at radius 2 is 1.79 bits per heavy atom. The smallest absolute Gasteiger partial charge is 0.356 e. The minimum Gasteiger partial charge on any atom is -0.356 e. The third-order valence-electron chi connectivity index (χ3n) is 4.05. The fourth-order valence-corrected chi connectivity index (χ4v) is 2.44. The Bertz CT molecular complexity index is 619. The number of hydrogen-bond acceptors (Lipinski definition) is 2. The molecule has 2 N–H and O–H groups in total. The minimum atomic E-state index is -4.41. The minimum absolute atomic E-state index is 0. The number of alkyl halides is 3. The predicted molar refractivity (Wildman–Crippen MR) is 117 cm³/mol. The molecular formula is C19H30F3IN4O. The summed E-state index contributed by atoms with van der Waals surface area (Å²) in [4.78, 5) is 16.3. The molecule has 1 aromatic rings. The molecule has 0 aromatic heterocycles. The molecule has 0 aliphatic carbocycles. The average molecular weight is 514 g/mol. The molecule has 0 bridgehead atoms. The summed E-state index contributed by atoms with van der Waals surface area (Å²) in [6.07, 6.45) is -2.64. The first-order valence-corrected chi connectivity index (χ1v) is 8.96. The van der Waals surface area contributed by atoms with Gasteiger partial charge in [-0.3, -0.25) is 9.79 Å². The maximum absolute atomic E-state index is 12.3. The largest absolute Gasteiger partial charge is 0.406 e. The van der Waals surface area contributed by atoms with E-state index in [0.29, 0.717) is 23.3 Å². The van der Waals surface area contributed by atoms with Crippen LogP contribution in [0.25, 0.3) is 0 Å². The van der Waals surface area contributed by atoms with Crippen LogP contribution < -0.4 is 10.6 Å². The lowest BCUT2D eigenvalue weighted by atomic mass is 10.0. The van der Waals surface area contributed by atoms with E-state index in [1.807, 2.05) is 0 Å². The maximum atomic E-state index is 12.3. The van der Waals surface area contributed by atoms with Crippen LogP contribution >= 0.6 is 24.0 Å². The highest BCUT2D eigenvalue weighted by atomic mass is 127. The second kappa shape index (κ2) is 12.8. The Hall–Kier alpha value is -1.52. The highest BCUT2D eigenvalue weighted by molar-refractivity contribution is 14.0. The van der Waals surface area contributed by atoms with Gasteiger partial charge in [0.2, 0.25) is 5.91 Å².